The molecule has 0 saturated carbocycles. The molecule has 11 heteroatoms. The van der Waals surface area contributed by atoms with Crippen molar-refractivity contribution in [2.75, 3.05) is 31.6 Å². The molecular weight excluding hydrogens is 540 g/mol. The second-order valence-electron chi connectivity index (χ2n) is 8.23. The molecule has 0 atom stereocenters. The Morgan fingerprint density at radius 3 is 2.28 bits per heavy atom. The van der Waals surface area contributed by atoms with Gasteiger partial charge in [0, 0.05) is 24.4 Å². The molecule has 0 aliphatic heterocycles. The predicted octanol–water partition coefficient (Wildman–Crippen LogP) is 4.33. The number of amides is 1. The Bertz CT molecular complexity index is 706. The van der Waals surface area contributed by atoms with Gasteiger partial charge >= 0.3 is 6.18 Å². The van der Waals surface area contributed by atoms with Crippen molar-refractivity contribution in [2.24, 2.45) is 4.99 Å². The number of guanidine groups is 1. The minimum Gasteiger partial charge on any atom is -0.491 e. The Labute approximate surface area is 204 Å². The zero-order valence-corrected chi connectivity index (χ0v) is 21.5. The average Bonchev–Trinajstić information content (AvgIpc) is 2.61. The highest BCUT2D eigenvalue weighted by molar-refractivity contribution is 14.0. The number of carbonyl (C=O) groups is 1. The van der Waals surface area contributed by atoms with Crippen LogP contribution in [0.5, 0.6) is 5.75 Å². The maximum Gasteiger partial charge on any atom is 0.411 e. The molecule has 3 N–H and O–H groups in total. The lowest BCUT2D eigenvalue weighted by molar-refractivity contribution is -0.173. The Hall–Kier alpha value is -1.76. The third kappa shape index (κ3) is 16.0. The van der Waals surface area contributed by atoms with E-state index in [4.69, 9.17) is 4.74 Å². The number of hydrogen-bond donors (Lipinski definition) is 3. The maximum absolute atomic E-state index is 12.1. The first-order chi connectivity index (χ1) is 14.3. The van der Waals surface area contributed by atoms with Crippen molar-refractivity contribution in [1.29, 1.82) is 0 Å². The molecular formula is C21H34F3IN4O3. The molecule has 184 valence electrons. The van der Waals surface area contributed by atoms with Crippen LogP contribution in [-0.4, -0.2) is 56.0 Å². The molecule has 0 fully saturated rings. The first kappa shape index (κ1) is 30.2. The van der Waals surface area contributed by atoms with Gasteiger partial charge in [-0.05, 0) is 65.3 Å². The fraction of sp³-hybridized carbons (Fsp3) is 0.619. The first-order valence-corrected chi connectivity index (χ1v) is 10.1. The summed E-state index contributed by atoms with van der Waals surface area (Å²) in [7, 11) is 0. The minimum absolute atomic E-state index is 0. The normalized spacial score (nSPS) is 12.2. The molecule has 0 heterocycles. The molecule has 0 aliphatic rings. The summed E-state index contributed by atoms with van der Waals surface area (Å²) >= 11 is 0. The molecule has 1 aromatic carbocycles. The van der Waals surface area contributed by atoms with Crippen LogP contribution in [0.1, 0.15) is 41.0 Å². The third-order valence-electron chi connectivity index (χ3n) is 3.41. The van der Waals surface area contributed by atoms with Gasteiger partial charge in [-0.2, -0.15) is 13.2 Å². The summed E-state index contributed by atoms with van der Waals surface area (Å²) in [5.41, 5.74) is 0.335. The number of rotatable bonds is 10. The summed E-state index contributed by atoms with van der Waals surface area (Å²) in [5, 5.41) is 8.89. The Morgan fingerprint density at radius 2 is 1.75 bits per heavy atom. The zero-order chi connectivity index (χ0) is 23.5. The molecule has 0 aliphatic carbocycles. The van der Waals surface area contributed by atoms with Crippen LogP contribution in [0.2, 0.25) is 0 Å². The molecule has 0 saturated heterocycles. The fourth-order valence-corrected chi connectivity index (χ4v) is 2.34. The Kier molecular flexibility index (Phi) is 13.6. The summed E-state index contributed by atoms with van der Waals surface area (Å²) in [4.78, 5) is 16.3. The summed E-state index contributed by atoms with van der Waals surface area (Å²) in [6.45, 7) is 8.36. The number of carbonyl (C=O) groups excluding carboxylic acids is 1. The molecule has 1 rings (SSSR count). The summed E-state index contributed by atoms with van der Waals surface area (Å²) in [5.74, 6) is 0.804. The van der Waals surface area contributed by atoms with Gasteiger partial charge in [-0.3, -0.25) is 4.79 Å². The van der Waals surface area contributed by atoms with Crippen LogP contribution in [0.25, 0.3) is 0 Å². The lowest BCUT2D eigenvalue weighted by Gasteiger charge is -2.20. The van der Waals surface area contributed by atoms with E-state index in [0.717, 1.165) is 5.75 Å². The van der Waals surface area contributed by atoms with Crippen LogP contribution in [0.15, 0.2) is 29.3 Å². The second-order valence-corrected chi connectivity index (χ2v) is 8.23. The minimum atomic E-state index is -4.34. The number of nitrogens with one attached hydrogen (secondary N) is 3. The van der Waals surface area contributed by atoms with Gasteiger partial charge in [0.25, 0.3) is 0 Å². The molecule has 7 nitrogen and oxygen atoms in total. The van der Waals surface area contributed by atoms with Gasteiger partial charge in [-0.25, -0.2) is 4.99 Å². The van der Waals surface area contributed by atoms with Gasteiger partial charge in [0.05, 0.1) is 6.10 Å². The smallest absolute Gasteiger partial charge is 0.411 e. The topological polar surface area (TPSA) is 84.0 Å². The Morgan fingerprint density at radius 1 is 1.12 bits per heavy atom. The van der Waals surface area contributed by atoms with Gasteiger partial charge in [0.15, 0.2) is 5.96 Å². The van der Waals surface area contributed by atoms with Gasteiger partial charge in [-0.15, -0.1) is 24.0 Å². The number of ether oxygens (including phenoxy) is 2. The van der Waals surface area contributed by atoms with Crippen LogP contribution in [0, 0.1) is 0 Å². The van der Waals surface area contributed by atoms with Crippen LogP contribution < -0.4 is 20.7 Å². The monoisotopic (exact) mass is 574 g/mol. The summed E-state index contributed by atoms with van der Waals surface area (Å²) < 4.78 is 46.5. The van der Waals surface area contributed by atoms with E-state index in [2.05, 4.69) is 25.7 Å². The quantitative estimate of drug-likeness (QED) is 0.168. The number of benzene rings is 1. The van der Waals surface area contributed by atoms with Crippen molar-refractivity contribution in [1.82, 2.24) is 10.6 Å². The summed E-state index contributed by atoms with van der Waals surface area (Å²) in [6.07, 6.45) is -3.95. The molecule has 0 spiro atoms. The SMILES string of the molecule is CC(C)Oc1ccc(NC(=NCC(=O)NC(C)(C)C)NCCCOCC(F)(F)F)cc1.I. The van der Waals surface area contributed by atoms with Crippen LogP contribution in [0.4, 0.5) is 18.9 Å². The van der Waals surface area contributed by atoms with E-state index < -0.39 is 12.8 Å². The highest BCUT2D eigenvalue weighted by Gasteiger charge is 2.27. The molecule has 0 bridgehead atoms. The van der Waals surface area contributed by atoms with Crippen molar-refractivity contribution in [3.05, 3.63) is 24.3 Å². The number of alkyl halides is 3. The predicted molar refractivity (Wildman–Crippen MR) is 131 cm³/mol. The highest BCUT2D eigenvalue weighted by Crippen LogP contribution is 2.17. The standard InChI is InChI=1S/C21H33F3N4O3.HI/c1-15(2)31-17-9-7-16(8-10-17)27-19(26-13-18(29)28-20(3,4)5)25-11-6-12-30-14-21(22,23)24;/h7-10,15H,6,11-14H2,1-5H3,(H,28,29)(H2,25,26,27);1H. The summed E-state index contributed by atoms with van der Waals surface area (Å²) in [6, 6.07) is 7.21. The van der Waals surface area contributed by atoms with Gasteiger partial charge < -0.3 is 25.4 Å². The molecule has 0 unspecified atom stereocenters. The number of aliphatic imine (C=N–C) groups is 1. The van der Waals surface area contributed by atoms with Crippen LogP contribution >= 0.6 is 24.0 Å². The van der Waals surface area contributed by atoms with E-state index in [9.17, 15) is 18.0 Å². The van der Waals surface area contributed by atoms with E-state index in [1.165, 1.54) is 0 Å². The van der Waals surface area contributed by atoms with Gasteiger partial charge in [-0.1, -0.05) is 0 Å². The van der Waals surface area contributed by atoms with Crippen molar-refractivity contribution in [2.45, 2.75) is 58.9 Å². The lowest BCUT2D eigenvalue weighted by Crippen LogP contribution is -2.42. The van der Waals surface area contributed by atoms with E-state index in [0.29, 0.717) is 24.6 Å². The second kappa shape index (κ2) is 14.4. The number of nitrogens with zero attached hydrogens (tertiary/aromatic N) is 1. The van der Waals surface area contributed by atoms with Crippen molar-refractivity contribution in [3.63, 3.8) is 0 Å². The van der Waals surface area contributed by atoms with E-state index in [-0.39, 0.29) is 54.7 Å². The maximum atomic E-state index is 12.1. The van der Waals surface area contributed by atoms with E-state index in [1.54, 1.807) is 24.3 Å². The number of hydrogen-bond acceptors (Lipinski definition) is 4. The van der Waals surface area contributed by atoms with Crippen LogP contribution in [-0.2, 0) is 9.53 Å². The number of anilines is 1. The first-order valence-electron chi connectivity index (χ1n) is 10.1. The zero-order valence-electron chi connectivity index (χ0n) is 19.1. The van der Waals surface area contributed by atoms with Crippen molar-refractivity contribution < 1.29 is 27.4 Å². The third-order valence-corrected chi connectivity index (χ3v) is 3.41. The molecule has 0 aromatic heterocycles. The van der Waals surface area contributed by atoms with Crippen molar-refractivity contribution in [3.8, 4) is 5.75 Å². The van der Waals surface area contributed by atoms with Gasteiger partial charge in [0.2, 0.25) is 5.91 Å². The average molecular weight is 574 g/mol. The molecule has 1 aromatic rings. The lowest BCUT2D eigenvalue weighted by atomic mass is 10.1. The van der Waals surface area contributed by atoms with Crippen LogP contribution in [0.3, 0.4) is 0 Å². The molecule has 0 radical (unpaired) electrons. The molecule has 1 amide bonds. The largest absolute Gasteiger partial charge is 0.491 e. The molecule has 32 heavy (non-hydrogen) atoms. The fourth-order valence-electron chi connectivity index (χ4n) is 2.34. The number of halogens is 4. The van der Waals surface area contributed by atoms with Crippen molar-refractivity contribution >= 4 is 41.5 Å². The van der Waals surface area contributed by atoms with E-state index >= 15 is 0 Å². The van der Waals surface area contributed by atoms with E-state index in [1.807, 2.05) is 34.6 Å². The van der Waals surface area contributed by atoms with Gasteiger partial charge in [0.1, 0.15) is 18.9 Å². The highest BCUT2D eigenvalue weighted by atomic mass is 127. The Balaban J connectivity index is 0.00000961.